The number of hydrogen-bond donors (Lipinski definition) is 1. The van der Waals surface area contributed by atoms with E-state index in [1.807, 2.05) is 0 Å². The van der Waals surface area contributed by atoms with Crippen LogP contribution in [0.1, 0.15) is 26.5 Å². The molecule has 0 saturated carbocycles. The maximum absolute atomic E-state index is 13.1. The summed E-state index contributed by atoms with van der Waals surface area (Å²) in [4.78, 5) is 17.1. The van der Waals surface area contributed by atoms with Gasteiger partial charge in [-0.1, -0.05) is 6.07 Å². The van der Waals surface area contributed by atoms with Crippen LogP contribution in [0.25, 0.3) is 10.8 Å². The van der Waals surface area contributed by atoms with Crippen LogP contribution in [0, 0.1) is 12.7 Å². The highest BCUT2D eigenvalue weighted by molar-refractivity contribution is 7.15. The summed E-state index contributed by atoms with van der Waals surface area (Å²) in [6.45, 7) is 1.28. The molecule has 3 aromatic rings. The molecule has 1 amide bonds. The van der Waals surface area contributed by atoms with Gasteiger partial charge in [0.05, 0.1) is 11.8 Å². The van der Waals surface area contributed by atoms with Crippen molar-refractivity contribution in [3.63, 3.8) is 0 Å². The smallest absolute Gasteiger partial charge is 0.416 e. The fourth-order valence-corrected chi connectivity index (χ4v) is 3.22. The summed E-state index contributed by atoms with van der Waals surface area (Å²) >= 11 is 1.24. The molecule has 3 rings (SSSR count). The van der Waals surface area contributed by atoms with Crippen LogP contribution in [-0.2, 0) is 12.7 Å². The minimum absolute atomic E-state index is 0.108. The van der Waals surface area contributed by atoms with Gasteiger partial charge < -0.3 is 9.73 Å². The fraction of sp³-hybridized carbons (Fsp3) is 0.176. The molecule has 1 N–H and O–H groups in total. The predicted molar refractivity (Wildman–Crippen MR) is 87.1 cm³/mol. The Labute approximate surface area is 149 Å². The zero-order valence-electron chi connectivity index (χ0n) is 13.4. The Morgan fingerprint density at radius 1 is 1.31 bits per heavy atom. The van der Waals surface area contributed by atoms with Crippen molar-refractivity contribution in [2.45, 2.75) is 19.6 Å². The summed E-state index contributed by atoms with van der Waals surface area (Å²) in [5, 5.41) is 2.89. The molecule has 2 aromatic heterocycles. The number of halogens is 4. The van der Waals surface area contributed by atoms with Gasteiger partial charge in [0.1, 0.15) is 11.5 Å². The Kier molecular flexibility index (Phi) is 4.82. The number of benzene rings is 1. The second-order valence-electron chi connectivity index (χ2n) is 5.38. The zero-order chi connectivity index (χ0) is 18.9. The van der Waals surface area contributed by atoms with Gasteiger partial charge in [0.15, 0.2) is 10.8 Å². The van der Waals surface area contributed by atoms with Gasteiger partial charge in [-0.25, -0.2) is 9.37 Å². The van der Waals surface area contributed by atoms with E-state index in [1.165, 1.54) is 17.6 Å². The normalized spacial score (nSPS) is 11.6. The lowest BCUT2D eigenvalue weighted by atomic mass is 10.1. The Bertz CT molecular complexity index is 933. The number of thiazole rings is 1. The summed E-state index contributed by atoms with van der Waals surface area (Å²) in [6, 6.07) is 5.69. The molecule has 26 heavy (non-hydrogen) atoms. The number of aryl methyl sites for hydroxylation is 1. The van der Waals surface area contributed by atoms with Crippen molar-refractivity contribution < 1.29 is 26.8 Å². The van der Waals surface area contributed by atoms with E-state index in [9.17, 15) is 22.4 Å². The van der Waals surface area contributed by atoms with E-state index in [2.05, 4.69) is 10.3 Å². The highest BCUT2D eigenvalue weighted by Gasteiger charge is 2.33. The molecule has 0 fully saturated rings. The molecule has 0 unspecified atom stereocenters. The number of nitrogens with zero attached hydrogens (tertiary/aromatic N) is 1. The monoisotopic (exact) mass is 384 g/mol. The van der Waals surface area contributed by atoms with Crippen LogP contribution in [0.4, 0.5) is 17.6 Å². The SMILES string of the molecule is Cc1sc(-c2ccco2)nc1C(=O)NCc1ccc(F)cc1C(F)(F)F. The first kappa shape index (κ1) is 18.1. The first-order chi connectivity index (χ1) is 12.3. The molecular formula is C17H12F4N2O2S. The quantitative estimate of drug-likeness (QED) is 0.658. The van der Waals surface area contributed by atoms with Gasteiger partial charge in [0, 0.05) is 11.4 Å². The van der Waals surface area contributed by atoms with Crippen LogP contribution in [-0.4, -0.2) is 10.9 Å². The summed E-state index contributed by atoms with van der Waals surface area (Å²) in [7, 11) is 0. The third kappa shape index (κ3) is 3.77. The number of carbonyl (C=O) groups excluding carboxylic acids is 1. The van der Waals surface area contributed by atoms with Crippen molar-refractivity contribution in [3.8, 4) is 10.8 Å². The Balaban J connectivity index is 1.78. The Hall–Kier alpha value is -2.68. The van der Waals surface area contributed by atoms with E-state index in [0.717, 1.165) is 12.1 Å². The van der Waals surface area contributed by atoms with E-state index >= 15 is 0 Å². The van der Waals surface area contributed by atoms with Crippen molar-refractivity contribution in [3.05, 3.63) is 64.1 Å². The second kappa shape index (κ2) is 6.91. The number of aromatic nitrogens is 1. The van der Waals surface area contributed by atoms with Crippen LogP contribution in [0.3, 0.4) is 0 Å². The average molecular weight is 384 g/mol. The number of rotatable bonds is 4. The third-order valence-corrected chi connectivity index (χ3v) is 4.55. The lowest BCUT2D eigenvalue weighted by Gasteiger charge is -2.13. The maximum Gasteiger partial charge on any atom is 0.416 e. The number of carbonyl (C=O) groups is 1. The van der Waals surface area contributed by atoms with E-state index in [-0.39, 0.29) is 11.3 Å². The summed E-state index contributed by atoms with van der Waals surface area (Å²) in [5.74, 6) is -1.12. The number of nitrogens with one attached hydrogen (secondary N) is 1. The molecule has 0 saturated heterocycles. The number of amides is 1. The standard InChI is InChI=1S/C17H12F4N2O2S/c1-9-14(23-16(26-9)13-3-2-6-25-13)15(24)22-8-10-4-5-11(18)7-12(10)17(19,20)21/h2-7H,8H2,1H3,(H,22,24). The van der Waals surface area contributed by atoms with Gasteiger partial charge in [-0.15, -0.1) is 11.3 Å². The molecule has 136 valence electrons. The highest BCUT2D eigenvalue weighted by atomic mass is 32.1. The van der Waals surface area contributed by atoms with Crippen molar-refractivity contribution in [1.82, 2.24) is 10.3 Å². The van der Waals surface area contributed by atoms with Crippen molar-refractivity contribution in [2.75, 3.05) is 0 Å². The molecule has 1 aromatic carbocycles. The summed E-state index contributed by atoms with van der Waals surface area (Å²) in [5.41, 5.74) is -1.24. The van der Waals surface area contributed by atoms with Crippen LogP contribution in [0.15, 0.2) is 41.0 Å². The molecule has 9 heteroatoms. The van der Waals surface area contributed by atoms with E-state index in [0.29, 0.717) is 21.7 Å². The molecule has 0 aliphatic carbocycles. The lowest BCUT2D eigenvalue weighted by Crippen LogP contribution is -2.25. The average Bonchev–Trinajstić information content (AvgIpc) is 3.21. The van der Waals surface area contributed by atoms with Crippen LogP contribution < -0.4 is 5.32 Å². The summed E-state index contributed by atoms with van der Waals surface area (Å²) < 4.78 is 57.3. The van der Waals surface area contributed by atoms with Crippen molar-refractivity contribution in [1.29, 1.82) is 0 Å². The van der Waals surface area contributed by atoms with E-state index in [1.54, 1.807) is 19.1 Å². The van der Waals surface area contributed by atoms with Crippen LogP contribution in [0.2, 0.25) is 0 Å². The number of furan rings is 1. The summed E-state index contributed by atoms with van der Waals surface area (Å²) in [6.07, 6.45) is -3.25. The first-order valence-electron chi connectivity index (χ1n) is 7.41. The van der Waals surface area contributed by atoms with Gasteiger partial charge in [-0.05, 0) is 36.8 Å². The molecule has 2 heterocycles. The lowest BCUT2D eigenvalue weighted by molar-refractivity contribution is -0.138. The van der Waals surface area contributed by atoms with Gasteiger partial charge in [-0.3, -0.25) is 4.79 Å². The zero-order valence-corrected chi connectivity index (χ0v) is 14.2. The van der Waals surface area contributed by atoms with Crippen molar-refractivity contribution in [2.24, 2.45) is 0 Å². The fourth-order valence-electron chi connectivity index (χ4n) is 2.34. The topological polar surface area (TPSA) is 55.1 Å². The van der Waals surface area contributed by atoms with Gasteiger partial charge in [0.2, 0.25) is 0 Å². The van der Waals surface area contributed by atoms with Crippen LogP contribution >= 0.6 is 11.3 Å². The van der Waals surface area contributed by atoms with Crippen molar-refractivity contribution >= 4 is 17.2 Å². The second-order valence-corrected chi connectivity index (χ2v) is 6.59. The molecule has 0 spiro atoms. The molecule has 0 atom stereocenters. The minimum Gasteiger partial charge on any atom is -0.462 e. The van der Waals surface area contributed by atoms with Gasteiger partial charge >= 0.3 is 6.18 Å². The molecule has 0 aliphatic heterocycles. The largest absolute Gasteiger partial charge is 0.462 e. The third-order valence-electron chi connectivity index (χ3n) is 3.56. The maximum atomic E-state index is 13.1. The predicted octanol–water partition coefficient (Wildman–Crippen LogP) is 4.80. The molecule has 0 bridgehead atoms. The molecular weight excluding hydrogens is 372 g/mol. The minimum atomic E-state index is -4.72. The molecule has 0 radical (unpaired) electrons. The Morgan fingerprint density at radius 2 is 2.08 bits per heavy atom. The van der Waals surface area contributed by atoms with Gasteiger partial charge in [-0.2, -0.15) is 13.2 Å². The van der Waals surface area contributed by atoms with Crippen LogP contribution in [0.5, 0.6) is 0 Å². The highest BCUT2D eigenvalue weighted by Crippen LogP contribution is 2.33. The first-order valence-corrected chi connectivity index (χ1v) is 8.22. The van der Waals surface area contributed by atoms with E-state index < -0.39 is 30.0 Å². The van der Waals surface area contributed by atoms with E-state index in [4.69, 9.17) is 4.42 Å². The van der Waals surface area contributed by atoms with Gasteiger partial charge in [0.25, 0.3) is 5.91 Å². The molecule has 0 aliphatic rings. The molecule has 4 nitrogen and oxygen atoms in total. The number of hydrogen-bond acceptors (Lipinski definition) is 4. The Morgan fingerprint density at radius 3 is 2.73 bits per heavy atom. The number of alkyl halides is 3.